The quantitative estimate of drug-likeness (QED) is 0.459. The van der Waals surface area contributed by atoms with Crippen LogP contribution in [0.15, 0.2) is 29.0 Å². The van der Waals surface area contributed by atoms with Crippen molar-refractivity contribution in [2.75, 3.05) is 20.1 Å². The molecule has 0 bridgehead atoms. The van der Waals surface area contributed by atoms with Crippen LogP contribution in [0.1, 0.15) is 22.9 Å². The molecule has 0 saturated carbocycles. The number of likely N-dealkylation sites (tertiary alicyclic amines) is 1. The minimum Gasteiger partial charge on any atom is -0.350 e. The van der Waals surface area contributed by atoms with Gasteiger partial charge in [-0.25, -0.2) is 4.98 Å². The Kier molecular flexibility index (Phi) is 6.18. The van der Waals surface area contributed by atoms with Crippen molar-refractivity contribution in [1.82, 2.24) is 25.0 Å². The highest BCUT2D eigenvalue weighted by Crippen LogP contribution is 2.26. The summed E-state index contributed by atoms with van der Waals surface area (Å²) in [7, 11) is 3.80. The first-order valence-electron chi connectivity index (χ1n) is 7.09. The Balaban J connectivity index is 0.00000176. The highest BCUT2D eigenvalue weighted by molar-refractivity contribution is 14.0. The van der Waals surface area contributed by atoms with Gasteiger partial charge in [0.2, 0.25) is 0 Å². The summed E-state index contributed by atoms with van der Waals surface area (Å²) in [4.78, 5) is 11.0. The van der Waals surface area contributed by atoms with Crippen LogP contribution >= 0.6 is 35.3 Å². The van der Waals surface area contributed by atoms with E-state index in [1.54, 1.807) is 11.3 Å². The highest BCUT2D eigenvalue weighted by atomic mass is 127. The molecule has 8 heteroatoms. The lowest BCUT2D eigenvalue weighted by atomic mass is 10.0. The molecular weight excluding hydrogens is 411 g/mol. The van der Waals surface area contributed by atoms with E-state index in [9.17, 15) is 0 Å². The summed E-state index contributed by atoms with van der Waals surface area (Å²) in [5.41, 5.74) is 1.32. The molecule has 1 N–H and O–H groups in total. The van der Waals surface area contributed by atoms with Crippen molar-refractivity contribution in [3.8, 4) is 0 Å². The molecule has 1 unspecified atom stereocenters. The SMILES string of the molecule is CN=C(NCc1nccs1)N1CCC(c2cnn(C)c2)C1.I. The molecule has 3 heterocycles. The van der Waals surface area contributed by atoms with Crippen molar-refractivity contribution in [2.24, 2.45) is 12.0 Å². The second kappa shape index (κ2) is 7.91. The van der Waals surface area contributed by atoms with E-state index in [4.69, 9.17) is 0 Å². The summed E-state index contributed by atoms with van der Waals surface area (Å²) in [5, 5.41) is 10.7. The standard InChI is InChI=1S/C14H20N6S.HI/c1-15-14(17-8-13-16-4-6-21-13)20-5-3-11(10-20)12-7-18-19(2)9-12;/h4,6-7,9,11H,3,5,8,10H2,1-2H3,(H,15,17);1H. The lowest BCUT2D eigenvalue weighted by Crippen LogP contribution is -2.39. The number of aromatic nitrogens is 3. The third-order valence-electron chi connectivity index (χ3n) is 3.78. The van der Waals surface area contributed by atoms with E-state index in [-0.39, 0.29) is 24.0 Å². The average Bonchev–Trinajstić information content (AvgIpc) is 3.19. The topological polar surface area (TPSA) is 58.3 Å². The van der Waals surface area contributed by atoms with E-state index < -0.39 is 0 Å². The zero-order valence-electron chi connectivity index (χ0n) is 12.8. The zero-order chi connectivity index (χ0) is 14.7. The number of rotatable bonds is 3. The number of hydrogen-bond acceptors (Lipinski definition) is 4. The van der Waals surface area contributed by atoms with Crippen LogP contribution in [0.5, 0.6) is 0 Å². The smallest absolute Gasteiger partial charge is 0.194 e. The number of thiazole rings is 1. The number of nitrogens with one attached hydrogen (secondary N) is 1. The van der Waals surface area contributed by atoms with Gasteiger partial charge in [0.1, 0.15) is 5.01 Å². The van der Waals surface area contributed by atoms with Gasteiger partial charge in [-0.05, 0) is 12.0 Å². The van der Waals surface area contributed by atoms with Gasteiger partial charge in [0.15, 0.2) is 5.96 Å². The predicted octanol–water partition coefficient (Wildman–Crippen LogP) is 2.06. The molecule has 1 aliphatic rings. The molecule has 0 amide bonds. The number of nitrogens with zero attached hydrogens (tertiary/aromatic N) is 5. The van der Waals surface area contributed by atoms with Crippen molar-refractivity contribution < 1.29 is 0 Å². The van der Waals surface area contributed by atoms with Crippen molar-refractivity contribution in [3.05, 3.63) is 34.5 Å². The lowest BCUT2D eigenvalue weighted by Gasteiger charge is -2.21. The molecule has 0 aromatic carbocycles. The highest BCUT2D eigenvalue weighted by Gasteiger charge is 2.26. The van der Waals surface area contributed by atoms with Crippen LogP contribution in [0, 0.1) is 0 Å². The number of guanidine groups is 1. The lowest BCUT2D eigenvalue weighted by molar-refractivity contribution is 0.485. The van der Waals surface area contributed by atoms with Gasteiger partial charge in [-0.2, -0.15) is 5.10 Å². The Hall–Kier alpha value is -1.16. The fourth-order valence-corrected chi connectivity index (χ4v) is 3.26. The van der Waals surface area contributed by atoms with Gasteiger partial charge in [-0.3, -0.25) is 9.67 Å². The predicted molar refractivity (Wildman–Crippen MR) is 99.9 cm³/mol. The molecule has 1 aliphatic heterocycles. The summed E-state index contributed by atoms with van der Waals surface area (Å²) < 4.78 is 1.87. The fraction of sp³-hybridized carbons (Fsp3) is 0.500. The third-order valence-corrected chi connectivity index (χ3v) is 4.56. The fourth-order valence-electron chi connectivity index (χ4n) is 2.70. The number of halogens is 1. The molecule has 1 fully saturated rings. The molecule has 22 heavy (non-hydrogen) atoms. The summed E-state index contributed by atoms with van der Waals surface area (Å²) >= 11 is 1.66. The Morgan fingerprint density at radius 3 is 3.05 bits per heavy atom. The first-order chi connectivity index (χ1) is 10.3. The molecule has 1 atom stereocenters. The largest absolute Gasteiger partial charge is 0.350 e. The minimum atomic E-state index is 0. The molecular formula is C14H21IN6S. The van der Waals surface area contributed by atoms with Gasteiger partial charge in [-0.1, -0.05) is 0 Å². The Morgan fingerprint density at radius 1 is 1.55 bits per heavy atom. The second-order valence-corrected chi connectivity index (χ2v) is 6.18. The number of aryl methyl sites for hydroxylation is 1. The van der Waals surface area contributed by atoms with E-state index in [2.05, 4.69) is 31.5 Å². The van der Waals surface area contributed by atoms with Crippen LogP contribution < -0.4 is 5.32 Å². The molecule has 0 aliphatic carbocycles. The molecule has 2 aromatic heterocycles. The van der Waals surface area contributed by atoms with Gasteiger partial charge in [0.25, 0.3) is 0 Å². The molecule has 2 aromatic rings. The molecule has 6 nitrogen and oxygen atoms in total. The van der Waals surface area contributed by atoms with Gasteiger partial charge in [0.05, 0.1) is 12.7 Å². The van der Waals surface area contributed by atoms with Crippen molar-refractivity contribution >= 4 is 41.3 Å². The maximum absolute atomic E-state index is 4.39. The number of aliphatic imine (C=N–C) groups is 1. The van der Waals surface area contributed by atoms with Crippen LogP contribution in [0.4, 0.5) is 0 Å². The minimum absolute atomic E-state index is 0. The second-order valence-electron chi connectivity index (χ2n) is 5.21. The maximum Gasteiger partial charge on any atom is 0.194 e. The Bertz CT molecular complexity index is 609. The molecule has 120 valence electrons. The number of hydrogen-bond donors (Lipinski definition) is 1. The van der Waals surface area contributed by atoms with E-state index in [0.717, 1.165) is 37.0 Å². The summed E-state index contributed by atoms with van der Waals surface area (Å²) in [6.07, 6.45) is 7.06. The molecule has 0 spiro atoms. The van der Waals surface area contributed by atoms with Crippen LogP contribution in [-0.4, -0.2) is 45.8 Å². The monoisotopic (exact) mass is 432 g/mol. The summed E-state index contributed by atoms with van der Waals surface area (Å²) in [6.45, 7) is 2.75. The van der Waals surface area contributed by atoms with Crippen LogP contribution in [0.25, 0.3) is 0 Å². The van der Waals surface area contributed by atoms with Crippen LogP contribution in [0.3, 0.4) is 0 Å². The Morgan fingerprint density at radius 2 is 2.41 bits per heavy atom. The molecule has 3 rings (SSSR count). The van der Waals surface area contributed by atoms with E-state index in [1.165, 1.54) is 5.56 Å². The van der Waals surface area contributed by atoms with Crippen LogP contribution in [-0.2, 0) is 13.6 Å². The summed E-state index contributed by atoms with van der Waals surface area (Å²) in [5.74, 6) is 1.49. The van der Waals surface area contributed by atoms with E-state index in [0.29, 0.717) is 5.92 Å². The Labute approximate surface area is 151 Å². The normalized spacial score (nSPS) is 18.4. The zero-order valence-corrected chi connectivity index (χ0v) is 15.9. The first kappa shape index (κ1) is 17.2. The van der Waals surface area contributed by atoms with Gasteiger partial charge in [-0.15, -0.1) is 35.3 Å². The van der Waals surface area contributed by atoms with Gasteiger partial charge < -0.3 is 10.2 Å². The van der Waals surface area contributed by atoms with Crippen molar-refractivity contribution in [1.29, 1.82) is 0 Å². The van der Waals surface area contributed by atoms with Gasteiger partial charge >= 0.3 is 0 Å². The molecule has 0 radical (unpaired) electrons. The van der Waals surface area contributed by atoms with Crippen molar-refractivity contribution in [2.45, 2.75) is 18.9 Å². The maximum atomic E-state index is 4.39. The molecule has 1 saturated heterocycles. The third kappa shape index (κ3) is 3.97. The first-order valence-corrected chi connectivity index (χ1v) is 7.96. The summed E-state index contributed by atoms with van der Waals surface area (Å²) in [6, 6.07) is 0. The van der Waals surface area contributed by atoms with E-state index >= 15 is 0 Å². The van der Waals surface area contributed by atoms with Crippen molar-refractivity contribution in [3.63, 3.8) is 0 Å². The van der Waals surface area contributed by atoms with Crippen LogP contribution in [0.2, 0.25) is 0 Å². The van der Waals surface area contributed by atoms with Gasteiger partial charge in [0, 0.05) is 50.9 Å². The average molecular weight is 432 g/mol. The van der Waals surface area contributed by atoms with E-state index in [1.807, 2.05) is 36.6 Å².